The maximum atomic E-state index is 12.1. The Kier molecular flexibility index (Phi) is 4.92. The van der Waals surface area contributed by atoms with Crippen LogP contribution in [0.15, 0.2) is 24.3 Å². The molecule has 7 unspecified atom stereocenters. The Bertz CT molecular complexity index is 667. The minimum Gasteiger partial charge on any atom is -0.465 e. The van der Waals surface area contributed by atoms with Crippen molar-refractivity contribution in [1.29, 1.82) is 0 Å². The summed E-state index contributed by atoms with van der Waals surface area (Å²) < 4.78 is 16.3. The number of rotatable bonds is 3. The van der Waals surface area contributed by atoms with Crippen molar-refractivity contribution in [2.45, 2.75) is 45.0 Å². The summed E-state index contributed by atoms with van der Waals surface area (Å²) in [6.45, 7) is 10.5. The molecule has 1 heterocycles. The minimum absolute atomic E-state index is 0.0467. The Balaban J connectivity index is 1.98. The molecule has 0 radical (unpaired) electrons. The Morgan fingerprint density at radius 2 is 1.88 bits per heavy atom. The lowest BCUT2D eigenvalue weighted by molar-refractivity contribution is -0.155. The zero-order valence-corrected chi connectivity index (χ0v) is 15.0. The molecule has 0 aromatic carbocycles. The molecule has 2 saturated carbocycles. The van der Waals surface area contributed by atoms with E-state index in [0.29, 0.717) is 24.0 Å². The second kappa shape index (κ2) is 6.87. The van der Waals surface area contributed by atoms with Gasteiger partial charge in [0.25, 0.3) is 0 Å². The number of carbonyl (C=O) groups is 3. The third kappa shape index (κ3) is 3.16. The maximum absolute atomic E-state index is 12.1. The van der Waals surface area contributed by atoms with E-state index in [4.69, 9.17) is 14.2 Å². The molecule has 0 bridgehead atoms. The van der Waals surface area contributed by atoms with Crippen molar-refractivity contribution < 1.29 is 33.7 Å². The molecule has 26 heavy (non-hydrogen) atoms. The van der Waals surface area contributed by atoms with Gasteiger partial charge in [-0.2, -0.15) is 0 Å². The average Bonchev–Trinajstić information content (AvgIpc) is 3.00. The van der Waals surface area contributed by atoms with E-state index in [1.54, 1.807) is 0 Å². The van der Waals surface area contributed by atoms with Crippen LogP contribution in [0.5, 0.6) is 0 Å². The Morgan fingerprint density at radius 1 is 1.19 bits per heavy atom. The first-order valence-electron chi connectivity index (χ1n) is 8.77. The smallest absolute Gasteiger partial charge is 0.334 e. The van der Waals surface area contributed by atoms with E-state index in [0.717, 1.165) is 0 Å². The quantitative estimate of drug-likeness (QED) is 0.347. The van der Waals surface area contributed by atoms with Crippen LogP contribution in [0, 0.1) is 23.7 Å². The number of carbonyl (C=O) groups excluding carboxylic acids is 3. The van der Waals surface area contributed by atoms with Crippen molar-refractivity contribution >= 4 is 17.9 Å². The van der Waals surface area contributed by atoms with Crippen LogP contribution in [0.4, 0.5) is 0 Å². The van der Waals surface area contributed by atoms with Gasteiger partial charge in [-0.15, -0.1) is 0 Å². The number of hydrogen-bond acceptors (Lipinski definition) is 7. The van der Waals surface area contributed by atoms with Crippen molar-refractivity contribution in [3.05, 3.63) is 24.3 Å². The summed E-state index contributed by atoms with van der Waals surface area (Å²) in [5, 5.41) is 10.5. The lowest BCUT2D eigenvalue weighted by Gasteiger charge is -2.30. The fourth-order valence-electron chi connectivity index (χ4n) is 4.67. The lowest BCUT2D eigenvalue weighted by Crippen LogP contribution is -2.37. The summed E-state index contributed by atoms with van der Waals surface area (Å²) in [5.74, 6) is -2.50. The molecule has 3 rings (SSSR count). The van der Waals surface area contributed by atoms with Crippen molar-refractivity contribution in [3.8, 4) is 0 Å². The topological polar surface area (TPSA) is 99.1 Å². The second-order valence-electron chi connectivity index (χ2n) is 7.36. The van der Waals surface area contributed by atoms with Gasteiger partial charge in [-0.3, -0.25) is 9.59 Å². The molecule has 2 aliphatic carbocycles. The molecule has 3 aliphatic rings. The summed E-state index contributed by atoms with van der Waals surface area (Å²) in [4.78, 5) is 34.9. The van der Waals surface area contributed by atoms with E-state index < -0.39 is 36.2 Å². The molecule has 1 aliphatic heterocycles. The highest BCUT2D eigenvalue weighted by Gasteiger charge is 2.58. The van der Waals surface area contributed by atoms with Crippen molar-refractivity contribution in [3.63, 3.8) is 0 Å². The first kappa shape index (κ1) is 18.6. The SMILES string of the molecule is C=C1C(=O)OC2C1CC(O)C(=C)C1CC(OC(C)=O)C(COC(C)=O)C12. The number of aliphatic hydroxyl groups excluding tert-OH is 1. The van der Waals surface area contributed by atoms with Gasteiger partial charge in [-0.25, -0.2) is 4.79 Å². The Morgan fingerprint density at radius 3 is 2.50 bits per heavy atom. The molecule has 0 aromatic rings. The van der Waals surface area contributed by atoms with E-state index in [1.165, 1.54) is 13.8 Å². The third-order valence-corrected chi connectivity index (χ3v) is 5.83. The number of esters is 3. The Hall–Kier alpha value is -2.15. The molecule has 142 valence electrons. The zero-order chi connectivity index (χ0) is 19.2. The summed E-state index contributed by atoms with van der Waals surface area (Å²) in [7, 11) is 0. The molecule has 7 atom stereocenters. The summed E-state index contributed by atoms with van der Waals surface area (Å²) in [5.41, 5.74) is 0.973. The zero-order valence-electron chi connectivity index (χ0n) is 15.0. The predicted molar refractivity (Wildman–Crippen MR) is 89.5 cm³/mol. The predicted octanol–water partition coefficient (Wildman–Crippen LogP) is 1.15. The number of hydrogen-bond donors (Lipinski definition) is 1. The number of aliphatic hydroxyl groups is 1. The summed E-state index contributed by atoms with van der Waals surface area (Å²) in [6.07, 6.45) is -1.04. The van der Waals surface area contributed by atoms with Crippen LogP contribution in [-0.4, -0.2) is 47.9 Å². The molecule has 0 amide bonds. The van der Waals surface area contributed by atoms with Gasteiger partial charge in [0, 0.05) is 37.2 Å². The van der Waals surface area contributed by atoms with Crippen LogP contribution in [0.25, 0.3) is 0 Å². The normalized spacial score (nSPS) is 38.9. The lowest BCUT2D eigenvalue weighted by atomic mass is 9.79. The van der Waals surface area contributed by atoms with Crippen LogP contribution < -0.4 is 0 Å². The molecule has 7 nitrogen and oxygen atoms in total. The second-order valence-corrected chi connectivity index (χ2v) is 7.36. The number of fused-ring (bicyclic) bond motifs is 3. The fraction of sp³-hybridized carbons (Fsp3) is 0.632. The molecule has 0 spiro atoms. The van der Waals surface area contributed by atoms with Gasteiger partial charge in [0.05, 0.1) is 12.7 Å². The third-order valence-electron chi connectivity index (χ3n) is 5.83. The van der Waals surface area contributed by atoms with Crippen molar-refractivity contribution in [1.82, 2.24) is 0 Å². The molecular weight excluding hydrogens is 340 g/mol. The van der Waals surface area contributed by atoms with Gasteiger partial charge in [-0.05, 0) is 24.3 Å². The maximum Gasteiger partial charge on any atom is 0.334 e. The van der Waals surface area contributed by atoms with Gasteiger partial charge >= 0.3 is 17.9 Å². The highest BCUT2D eigenvalue weighted by Crippen LogP contribution is 2.53. The average molecular weight is 364 g/mol. The van der Waals surface area contributed by atoms with Gasteiger partial charge in [0.1, 0.15) is 12.2 Å². The van der Waals surface area contributed by atoms with Gasteiger partial charge in [-0.1, -0.05) is 13.2 Å². The van der Waals surface area contributed by atoms with Gasteiger partial charge in [0.15, 0.2) is 0 Å². The van der Waals surface area contributed by atoms with Crippen molar-refractivity contribution in [2.75, 3.05) is 6.61 Å². The van der Waals surface area contributed by atoms with Crippen LogP contribution in [0.3, 0.4) is 0 Å². The van der Waals surface area contributed by atoms with Crippen LogP contribution in [0.1, 0.15) is 26.7 Å². The first-order valence-corrected chi connectivity index (χ1v) is 8.77. The van der Waals surface area contributed by atoms with Crippen LogP contribution in [0.2, 0.25) is 0 Å². The molecule has 0 aromatic heterocycles. The molecule has 7 heteroatoms. The van der Waals surface area contributed by atoms with E-state index in [1.807, 2.05) is 0 Å². The standard InChI is InChI=1S/C19H24O7/c1-8-12-6-16(25-11(4)21)14(7-24-10(3)20)17(12)18-13(5-15(8)22)9(2)19(23)26-18/h12-18,22H,1-2,5-7H2,3-4H3. The van der Waals surface area contributed by atoms with E-state index >= 15 is 0 Å². The molecule has 3 fully saturated rings. The van der Waals surface area contributed by atoms with Crippen LogP contribution >= 0.6 is 0 Å². The largest absolute Gasteiger partial charge is 0.465 e. The molecule has 1 N–H and O–H groups in total. The van der Waals surface area contributed by atoms with Crippen LogP contribution in [-0.2, 0) is 28.6 Å². The van der Waals surface area contributed by atoms with Gasteiger partial charge < -0.3 is 19.3 Å². The molecule has 1 saturated heterocycles. The molecular formula is C19H24O7. The van der Waals surface area contributed by atoms with Crippen molar-refractivity contribution in [2.24, 2.45) is 23.7 Å². The van der Waals surface area contributed by atoms with Gasteiger partial charge in [0.2, 0.25) is 0 Å². The van der Waals surface area contributed by atoms with E-state index in [2.05, 4.69) is 13.2 Å². The monoisotopic (exact) mass is 364 g/mol. The minimum atomic E-state index is -0.797. The Labute approximate surface area is 152 Å². The number of ether oxygens (including phenoxy) is 3. The van der Waals surface area contributed by atoms with E-state index in [-0.39, 0.29) is 30.3 Å². The summed E-state index contributed by atoms with van der Waals surface area (Å²) in [6, 6.07) is 0. The highest BCUT2D eigenvalue weighted by atomic mass is 16.6. The highest BCUT2D eigenvalue weighted by molar-refractivity contribution is 5.91. The van der Waals surface area contributed by atoms with E-state index in [9.17, 15) is 19.5 Å². The summed E-state index contributed by atoms with van der Waals surface area (Å²) >= 11 is 0. The fourth-order valence-corrected chi connectivity index (χ4v) is 4.67. The first-order chi connectivity index (χ1) is 12.2.